The van der Waals surface area contributed by atoms with Gasteiger partial charge in [-0.2, -0.15) is 0 Å². The van der Waals surface area contributed by atoms with Crippen LogP contribution in [0.25, 0.3) is 0 Å². The molecule has 134 valence electrons. The minimum Gasteiger partial charge on any atom is -0.425 e. The number of likely N-dealkylation sites (tertiary alicyclic amines) is 1. The molecule has 0 radical (unpaired) electrons. The summed E-state index contributed by atoms with van der Waals surface area (Å²) in [6, 6.07) is 0.110. The van der Waals surface area contributed by atoms with E-state index < -0.39 is 0 Å². The molecule has 0 aromatic carbocycles. The highest BCUT2D eigenvalue weighted by atomic mass is 16.5. The Hall–Kier alpha value is -1.63. The number of rotatable bonds is 4. The molecule has 1 aromatic heterocycles. The van der Waals surface area contributed by atoms with Gasteiger partial charge >= 0.3 is 6.03 Å². The average Bonchev–Trinajstić information content (AvgIpc) is 3.09. The fraction of sp³-hybridized carbons (Fsp3) is 0.824. The van der Waals surface area contributed by atoms with Gasteiger partial charge in [-0.1, -0.05) is 0 Å². The molecule has 2 amide bonds. The number of hydrogen-bond acceptors (Lipinski definition) is 5. The Kier molecular flexibility index (Phi) is 5.71. The zero-order valence-corrected chi connectivity index (χ0v) is 14.7. The highest BCUT2D eigenvalue weighted by molar-refractivity contribution is 5.73. The van der Waals surface area contributed by atoms with Crippen LogP contribution >= 0.6 is 0 Å². The molecule has 3 rings (SSSR count). The van der Waals surface area contributed by atoms with Crippen molar-refractivity contribution in [3.05, 3.63) is 11.8 Å². The van der Waals surface area contributed by atoms with E-state index in [1.165, 1.54) is 0 Å². The van der Waals surface area contributed by atoms with Gasteiger partial charge < -0.3 is 19.0 Å². The molecule has 0 spiro atoms. The van der Waals surface area contributed by atoms with Crippen LogP contribution in [-0.4, -0.2) is 66.4 Å². The first kappa shape index (κ1) is 17.2. The van der Waals surface area contributed by atoms with Crippen molar-refractivity contribution in [2.24, 2.45) is 5.92 Å². The third kappa shape index (κ3) is 4.26. The van der Waals surface area contributed by atoms with Crippen molar-refractivity contribution in [3.63, 3.8) is 0 Å². The molecule has 2 aliphatic rings. The van der Waals surface area contributed by atoms with Gasteiger partial charge in [0, 0.05) is 52.7 Å². The van der Waals surface area contributed by atoms with Crippen molar-refractivity contribution in [2.45, 2.75) is 44.4 Å². The Labute approximate surface area is 143 Å². The van der Waals surface area contributed by atoms with Crippen molar-refractivity contribution in [2.75, 3.05) is 40.4 Å². The molecule has 7 nitrogen and oxygen atoms in total. The molecule has 1 aromatic rings. The SMILES string of the molecule is CN(C)C(=O)N1CCCC(CCc2nnc(C3CCOCC3)o2)C1. The number of aryl methyl sites for hydroxylation is 1. The van der Waals surface area contributed by atoms with Crippen molar-refractivity contribution in [3.8, 4) is 0 Å². The van der Waals surface area contributed by atoms with E-state index in [1.54, 1.807) is 4.90 Å². The average molecular weight is 336 g/mol. The first-order chi connectivity index (χ1) is 11.6. The summed E-state index contributed by atoms with van der Waals surface area (Å²) >= 11 is 0. The lowest BCUT2D eigenvalue weighted by Crippen LogP contribution is -2.45. The summed E-state index contributed by atoms with van der Waals surface area (Å²) in [4.78, 5) is 15.7. The van der Waals surface area contributed by atoms with E-state index in [1.807, 2.05) is 19.0 Å². The number of piperidine rings is 1. The van der Waals surface area contributed by atoms with Gasteiger partial charge in [0.15, 0.2) is 0 Å². The number of urea groups is 1. The van der Waals surface area contributed by atoms with Crippen molar-refractivity contribution in [1.82, 2.24) is 20.0 Å². The summed E-state index contributed by atoms with van der Waals surface area (Å²) in [6.07, 6.45) is 5.95. The predicted octanol–water partition coefficient (Wildman–Crippen LogP) is 2.29. The van der Waals surface area contributed by atoms with Gasteiger partial charge in [0.2, 0.25) is 11.8 Å². The molecule has 0 aliphatic carbocycles. The molecule has 0 bridgehead atoms. The van der Waals surface area contributed by atoms with Crippen LogP contribution in [0.1, 0.15) is 49.8 Å². The van der Waals surface area contributed by atoms with Crippen LogP contribution in [0.4, 0.5) is 4.79 Å². The maximum absolute atomic E-state index is 12.1. The van der Waals surface area contributed by atoms with Crippen LogP contribution in [-0.2, 0) is 11.2 Å². The lowest BCUT2D eigenvalue weighted by atomic mass is 9.93. The topological polar surface area (TPSA) is 71.7 Å². The van der Waals surface area contributed by atoms with Crippen LogP contribution in [0, 0.1) is 5.92 Å². The summed E-state index contributed by atoms with van der Waals surface area (Å²) in [5, 5.41) is 8.44. The summed E-state index contributed by atoms with van der Waals surface area (Å²) in [7, 11) is 3.62. The van der Waals surface area contributed by atoms with Gasteiger partial charge in [0.05, 0.1) is 0 Å². The normalized spacial score (nSPS) is 22.6. The van der Waals surface area contributed by atoms with E-state index in [4.69, 9.17) is 9.15 Å². The van der Waals surface area contributed by atoms with E-state index in [9.17, 15) is 4.79 Å². The number of carbonyl (C=O) groups excluding carboxylic acids is 1. The Bertz CT molecular complexity index is 540. The van der Waals surface area contributed by atoms with Crippen LogP contribution in [0.15, 0.2) is 4.42 Å². The Morgan fingerprint density at radius 3 is 2.79 bits per heavy atom. The zero-order chi connectivity index (χ0) is 16.9. The van der Waals surface area contributed by atoms with Gasteiger partial charge in [-0.25, -0.2) is 4.79 Å². The third-order valence-corrected chi connectivity index (χ3v) is 4.99. The molecule has 2 fully saturated rings. The van der Waals surface area contributed by atoms with E-state index in [-0.39, 0.29) is 6.03 Å². The first-order valence-corrected chi connectivity index (χ1v) is 8.99. The highest BCUT2D eigenvalue weighted by Gasteiger charge is 2.26. The van der Waals surface area contributed by atoms with Crippen molar-refractivity contribution in [1.29, 1.82) is 0 Å². The molecule has 1 unspecified atom stereocenters. The number of aromatic nitrogens is 2. The minimum absolute atomic E-state index is 0.110. The Balaban J connectivity index is 1.48. The van der Waals surface area contributed by atoms with Crippen LogP contribution in [0.2, 0.25) is 0 Å². The molecule has 0 N–H and O–H groups in total. The maximum Gasteiger partial charge on any atom is 0.319 e. The lowest BCUT2D eigenvalue weighted by Gasteiger charge is -2.34. The standard InChI is InChI=1S/C17H28N4O3/c1-20(2)17(22)21-9-3-4-13(12-21)5-6-15-18-19-16(24-15)14-7-10-23-11-8-14/h13-14H,3-12H2,1-2H3. The van der Waals surface area contributed by atoms with Crippen molar-refractivity contribution < 1.29 is 13.9 Å². The quantitative estimate of drug-likeness (QED) is 0.843. The molecule has 3 heterocycles. The fourth-order valence-electron chi connectivity index (χ4n) is 3.56. The van der Waals surface area contributed by atoms with E-state index >= 15 is 0 Å². The van der Waals surface area contributed by atoms with Crippen LogP contribution < -0.4 is 0 Å². The Morgan fingerprint density at radius 2 is 2.04 bits per heavy atom. The molecule has 2 saturated heterocycles. The van der Waals surface area contributed by atoms with Crippen molar-refractivity contribution >= 4 is 6.03 Å². The Morgan fingerprint density at radius 1 is 1.25 bits per heavy atom. The largest absolute Gasteiger partial charge is 0.425 e. The van der Waals surface area contributed by atoms with Gasteiger partial charge in [-0.15, -0.1) is 10.2 Å². The van der Waals surface area contributed by atoms with Gasteiger partial charge in [0.1, 0.15) is 0 Å². The minimum atomic E-state index is 0.110. The second-order valence-electron chi connectivity index (χ2n) is 7.09. The molecular formula is C17H28N4O3. The summed E-state index contributed by atoms with van der Waals surface area (Å²) < 4.78 is 11.2. The van der Waals surface area contributed by atoms with Crippen LogP contribution in [0.3, 0.4) is 0 Å². The number of hydrogen-bond donors (Lipinski definition) is 0. The molecule has 1 atom stereocenters. The zero-order valence-electron chi connectivity index (χ0n) is 14.7. The fourth-order valence-corrected chi connectivity index (χ4v) is 3.56. The van der Waals surface area contributed by atoms with E-state index in [0.717, 1.165) is 76.6 Å². The van der Waals surface area contributed by atoms with Gasteiger partial charge in [-0.3, -0.25) is 0 Å². The summed E-state index contributed by atoms with van der Waals surface area (Å²) in [5.41, 5.74) is 0. The summed E-state index contributed by atoms with van der Waals surface area (Å²) in [6.45, 7) is 3.25. The van der Waals surface area contributed by atoms with E-state index in [0.29, 0.717) is 11.8 Å². The molecule has 0 saturated carbocycles. The van der Waals surface area contributed by atoms with Crippen LogP contribution in [0.5, 0.6) is 0 Å². The maximum atomic E-state index is 12.1. The number of nitrogens with zero attached hydrogens (tertiary/aromatic N) is 4. The number of ether oxygens (including phenoxy) is 1. The molecule has 24 heavy (non-hydrogen) atoms. The molecular weight excluding hydrogens is 308 g/mol. The monoisotopic (exact) mass is 336 g/mol. The number of carbonyl (C=O) groups is 1. The third-order valence-electron chi connectivity index (χ3n) is 4.99. The predicted molar refractivity (Wildman–Crippen MR) is 88.8 cm³/mol. The van der Waals surface area contributed by atoms with Gasteiger partial charge in [-0.05, 0) is 38.0 Å². The lowest BCUT2D eigenvalue weighted by molar-refractivity contribution is 0.0791. The van der Waals surface area contributed by atoms with Gasteiger partial charge in [0.25, 0.3) is 0 Å². The summed E-state index contributed by atoms with van der Waals surface area (Å²) in [5.74, 6) is 2.36. The molecule has 2 aliphatic heterocycles. The first-order valence-electron chi connectivity index (χ1n) is 8.99. The number of amides is 2. The second kappa shape index (κ2) is 7.96. The van der Waals surface area contributed by atoms with E-state index in [2.05, 4.69) is 10.2 Å². The molecule has 7 heteroatoms. The smallest absolute Gasteiger partial charge is 0.319 e. The second-order valence-corrected chi connectivity index (χ2v) is 7.09. The highest BCUT2D eigenvalue weighted by Crippen LogP contribution is 2.27.